The second-order valence-corrected chi connectivity index (χ2v) is 7.00. The number of halogens is 1. The van der Waals surface area contributed by atoms with E-state index in [2.05, 4.69) is 10.3 Å². The number of rotatable bonds is 4. The minimum atomic E-state index is -0.632. The van der Waals surface area contributed by atoms with Gasteiger partial charge in [-0.05, 0) is 24.8 Å². The molecule has 7 heteroatoms. The fourth-order valence-electron chi connectivity index (χ4n) is 3.66. The van der Waals surface area contributed by atoms with Gasteiger partial charge in [0.15, 0.2) is 11.0 Å². The summed E-state index contributed by atoms with van der Waals surface area (Å²) in [6.07, 6.45) is 2.38. The van der Waals surface area contributed by atoms with E-state index in [1.54, 1.807) is 0 Å². The Morgan fingerprint density at radius 2 is 2.12 bits per heavy atom. The summed E-state index contributed by atoms with van der Waals surface area (Å²) in [5.74, 6) is -0.257. The minimum Gasteiger partial charge on any atom is -0.467 e. The Labute approximate surface area is 149 Å². The summed E-state index contributed by atoms with van der Waals surface area (Å²) in [5.41, 5.74) is 1.18. The normalized spacial score (nSPS) is 19.5. The number of fused-ring (bicyclic) bond motifs is 2. The van der Waals surface area contributed by atoms with Crippen LogP contribution in [0.15, 0.2) is 35.1 Å². The van der Waals surface area contributed by atoms with Gasteiger partial charge in [-0.25, -0.2) is 9.78 Å². The highest BCUT2D eigenvalue weighted by Crippen LogP contribution is 2.59. The number of nitrogens with zero attached hydrogens (tertiary/aromatic N) is 2. The number of hydrogen-bond acceptors (Lipinski definition) is 5. The summed E-state index contributed by atoms with van der Waals surface area (Å²) in [5, 5.41) is 3.33. The lowest BCUT2D eigenvalue weighted by Gasteiger charge is -2.15. The van der Waals surface area contributed by atoms with Gasteiger partial charge in [0.05, 0.1) is 12.8 Å². The number of hydrogen-bond donors (Lipinski definition) is 1. The highest BCUT2D eigenvalue weighted by atomic mass is 35.5. The summed E-state index contributed by atoms with van der Waals surface area (Å²) < 4.78 is 6.38. The van der Waals surface area contributed by atoms with Gasteiger partial charge in [-0.15, -0.1) is 0 Å². The van der Waals surface area contributed by atoms with Crippen LogP contribution in [0.5, 0.6) is 0 Å². The Hall–Kier alpha value is -2.34. The first kappa shape index (κ1) is 16.1. The van der Waals surface area contributed by atoms with Crippen molar-refractivity contribution in [3.05, 3.63) is 57.1 Å². The van der Waals surface area contributed by atoms with Gasteiger partial charge >= 0.3 is 5.97 Å². The molecule has 1 fully saturated rings. The van der Waals surface area contributed by atoms with Crippen LogP contribution in [0.1, 0.15) is 36.6 Å². The predicted molar refractivity (Wildman–Crippen MR) is 93.9 cm³/mol. The fourth-order valence-corrected chi connectivity index (χ4v) is 4.03. The first-order valence-electron chi connectivity index (χ1n) is 8.24. The number of carbonyl (C=O) groups is 1. The smallest absolute Gasteiger partial charge is 0.329 e. The van der Waals surface area contributed by atoms with Crippen LogP contribution in [0.25, 0.3) is 0 Å². The summed E-state index contributed by atoms with van der Waals surface area (Å²) >= 11 is 6.40. The maximum atomic E-state index is 13.0. The van der Waals surface area contributed by atoms with E-state index >= 15 is 0 Å². The van der Waals surface area contributed by atoms with E-state index in [4.69, 9.17) is 16.3 Å². The number of carbonyl (C=O) groups excluding carboxylic acids is 1. The molecule has 2 aromatic rings. The minimum absolute atomic E-state index is 0.157. The van der Waals surface area contributed by atoms with Crippen molar-refractivity contribution in [2.45, 2.75) is 37.3 Å². The molecule has 6 nitrogen and oxygen atoms in total. The molecule has 0 amide bonds. The zero-order chi connectivity index (χ0) is 17.6. The van der Waals surface area contributed by atoms with E-state index in [0.717, 1.165) is 18.4 Å². The van der Waals surface area contributed by atoms with Crippen LogP contribution in [-0.4, -0.2) is 22.6 Å². The molecule has 1 spiro atoms. The molecule has 0 saturated heterocycles. The predicted octanol–water partition coefficient (Wildman–Crippen LogP) is 2.66. The molecule has 130 valence electrons. The number of benzene rings is 1. The van der Waals surface area contributed by atoms with Gasteiger partial charge in [-0.1, -0.05) is 41.9 Å². The Morgan fingerprint density at radius 3 is 2.76 bits per heavy atom. The van der Waals surface area contributed by atoms with Crippen LogP contribution >= 0.6 is 11.6 Å². The van der Waals surface area contributed by atoms with Crippen LogP contribution < -0.4 is 10.9 Å². The van der Waals surface area contributed by atoms with Gasteiger partial charge in [0.1, 0.15) is 6.04 Å². The highest BCUT2D eigenvalue weighted by Gasteiger charge is 2.56. The lowest BCUT2D eigenvalue weighted by molar-refractivity contribution is -0.144. The fraction of sp³-hybridized carbons (Fsp3) is 0.389. The summed E-state index contributed by atoms with van der Waals surface area (Å²) in [4.78, 5) is 29.4. The SMILES string of the molecule is COC(=O)[C@@H]1CC2(CC2)c2c(Cl)nc(NCc3ccccc3)c(=O)n21. The van der Waals surface area contributed by atoms with Gasteiger partial charge in [-0.3, -0.25) is 9.36 Å². The molecule has 1 aliphatic heterocycles. The van der Waals surface area contributed by atoms with Gasteiger partial charge in [-0.2, -0.15) is 0 Å². The topological polar surface area (TPSA) is 73.2 Å². The molecular formula is C18H18ClN3O3. The Balaban J connectivity index is 1.73. The highest BCUT2D eigenvalue weighted by molar-refractivity contribution is 6.30. The zero-order valence-electron chi connectivity index (χ0n) is 13.8. The molecular weight excluding hydrogens is 342 g/mol. The lowest BCUT2D eigenvalue weighted by atomic mass is 9.99. The van der Waals surface area contributed by atoms with Crippen molar-refractivity contribution in [3.8, 4) is 0 Å². The van der Waals surface area contributed by atoms with Gasteiger partial charge in [0, 0.05) is 12.0 Å². The summed E-state index contributed by atoms with van der Waals surface area (Å²) in [6, 6.07) is 9.06. The van der Waals surface area contributed by atoms with Crippen molar-refractivity contribution in [2.24, 2.45) is 0 Å². The Morgan fingerprint density at radius 1 is 1.40 bits per heavy atom. The van der Waals surface area contributed by atoms with Crippen LogP contribution in [-0.2, 0) is 21.5 Å². The molecule has 1 aromatic heterocycles. The maximum absolute atomic E-state index is 13.0. The van der Waals surface area contributed by atoms with E-state index in [-0.39, 0.29) is 16.8 Å². The number of methoxy groups -OCH3 is 1. The standard InChI is InChI=1S/C18H18ClN3O3/c1-25-17(24)12-9-18(7-8-18)13-14(19)21-15(16(23)22(12)13)20-10-11-5-3-2-4-6-11/h2-6,12H,7-10H2,1H3,(H,20,21)/t12-/m0/s1. The Bertz CT molecular complexity index is 890. The molecule has 2 heterocycles. The number of ether oxygens (including phenoxy) is 1. The molecule has 4 rings (SSSR count). The van der Waals surface area contributed by atoms with Crippen LogP contribution in [0.4, 0.5) is 5.82 Å². The number of esters is 1. The number of anilines is 1. The van der Waals surface area contributed by atoms with E-state index in [1.165, 1.54) is 11.7 Å². The first-order chi connectivity index (χ1) is 12.1. The third-order valence-electron chi connectivity index (χ3n) is 5.10. The second kappa shape index (κ2) is 5.88. The van der Waals surface area contributed by atoms with Crippen LogP contribution in [0, 0.1) is 0 Å². The van der Waals surface area contributed by atoms with Gasteiger partial charge in [0.2, 0.25) is 0 Å². The summed E-state index contributed by atoms with van der Waals surface area (Å²) in [6.45, 7) is 0.451. The molecule has 1 N–H and O–H groups in total. The van der Waals surface area contributed by atoms with E-state index in [9.17, 15) is 9.59 Å². The quantitative estimate of drug-likeness (QED) is 0.849. The molecule has 0 unspecified atom stereocenters. The van der Waals surface area contributed by atoms with Gasteiger partial charge < -0.3 is 10.1 Å². The number of aromatic nitrogens is 2. The zero-order valence-corrected chi connectivity index (χ0v) is 14.5. The average molecular weight is 360 g/mol. The number of nitrogens with one attached hydrogen (secondary N) is 1. The largest absolute Gasteiger partial charge is 0.467 e. The molecule has 0 radical (unpaired) electrons. The summed E-state index contributed by atoms with van der Waals surface area (Å²) in [7, 11) is 1.34. The lowest BCUT2D eigenvalue weighted by Crippen LogP contribution is -2.31. The Kier molecular flexibility index (Phi) is 3.80. The third kappa shape index (κ3) is 2.61. The van der Waals surface area contributed by atoms with E-state index in [1.807, 2.05) is 30.3 Å². The average Bonchev–Trinajstić information content (AvgIpc) is 3.31. The molecule has 1 atom stereocenters. The monoisotopic (exact) mass is 359 g/mol. The van der Waals surface area contributed by atoms with Crippen LogP contribution in [0.3, 0.4) is 0 Å². The molecule has 1 aliphatic carbocycles. The van der Waals surface area contributed by atoms with Crippen molar-refractivity contribution in [3.63, 3.8) is 0 Å². The molecule has 1 saturated carbocycles. The molecule has 2 aliphatic rings. The molecule has 25 heavy (non-hydrogen) atoms. The van der Waals surface area contributed by atoms with E-state index < -0.39 is 12.0 Å². The maximum Gasteiger partial charge on any atom is 0.329 e. The van der Waals surface area contributed by atoms with Crippen molar-refractivity contribution < 1.29 is 9.53 Å². The van der Waals surface area contributed by atoms with Gasteiger partial charge in [0.25, 0.3) is 5.56 Å². The van der Waals surface area contributed by atoms with Crippen molar-refractivity contribution in [2.75, 3.05) is 12.4 Å². The third-order valence-corrected chi connectivity index (χ3v) is 5.36. The van der Waals surface area contributed by atoms with Crippen molar-refractivity contribution >= 4 is 23.4 Å². The first-order valence-corrected chi connectivity index (χ1v) is 8.62. The molecule has 0 bridgehead atoms. The van der Waals surface area contributed by atoms with Crippen LogP contribution in [0.2, 0.25) is 5.15 Å². The van der Waals surface area contributed by atoms with E-state index in [0.29, 0.717) is 23.8 Å². The molecule has 1 aromatic carbocycles. The van der Waals surface area contributed by atoms with Crippen molar-refractivity contribution in [1.29, 1.82) is 0 Å². The second-order valence-electron chi connectivity index (χ2n) is 6.64. The van der Waals surface area contributed by atoms with Crippen molar-refractivity contribution in [1.82, 2.24) is 9.55 Å².